The number of rotatable bonds is 9. The highest BCUT2D eigenvalue weighted by Gasteiger charge is 2.14. The summed E-state index contributed by atoms with van der Waals surface area (Å²) >= 11 is 0. The molecule has 0 saturated carbocycles. The van der Waals surface area contributed by atoms with Crippen molar-refractivity contribution >= 4 is 6.16 Å². The number of ether oxygens (including phenoxy) is 1. The fraction of sp³-hybridized carbons (Fsp3) is 0.917. The molecule has 0 fully saturated rings. The SMILES string of the molecule is CC[N+](C)(CC)CCCCCCOC(=O)[O-]. The number of carbonyl (C=O) groups excluding carboxylic acids is 1. The lowest BCUT2D eigenvalue weighted by Gasteiger charge is -2.32. The number of carboxylic acid groups (broad SMARTS) is 1. The van der Waals surface area contributed by atoms with E-state index in [1.165, 1.54) is 26.1 Å². The van der Waals surface area contributed by atoms with Crippen molar-refractivity contribution in [3.05, 3.63) is 0 Å². The Morgan fingerprint density at radius 3 is 2.19 bits per heavy atom. The molecule has 4 heteroatoms. The Hall–Kier alpha value is -0.770. The number of hydrogen-bond donors (Lipinski definition) is 0. The first-order valence-corrected chi connectivity index (χ1v) is 6.21. The van der Waals surface area contributed by atoms with Crippen molar-refractivity contribution in [3.63, 3.8) is 0 Å². The Bertz CT molecular complexity index is 191. The minimum atomic E-state index is -1.42. The summed E-state index contributed by atoms with van der Waals surface area (Å²) in [5.74, 6) is 0. The van der Waals surface area contributed by atoms with Gasteiger partial charge in [0.15, 0.2) is 0 Å². The van der Waals surface area contributed by atoms with Gasteiger partial charge in [-0.1, -0.05) is 6.42 Å². The molecule has 0 aromatic rings. The molecule has 16 heavy (non-hydrogen) atoms. The molecule has 0 radical (unpaired) electrons. The van der Waals surface area contributed by atoms with Crippen LogP contribution in [0.15, 0.2) is 0 Å². The molecule has 0 aromatic heterocycles. The molecule has 0 aliphatic heterocycles. The van der Waals surface area contributed by atoms with Crippen LogP contribution in [0.1, 0.15) is 39.5 Å². The molecular weight excluding hydrogens is 206 g/mol. The molecule has 0 aliphatic carbocycles. The van der Waals surface area contributed by atoms with Gasteiger partial charge in [-0.3, -0.25) is 0 Å². The summed E-state index contributed by atoms with van der Waals surface area (Å²) in [5.41, 5.74) is 0. The van der Waals surface area contributed by atoms with Crippen molar-refractivity contribution in [3.8, 4) is 0 Å². The maximum Gasteiger partial charge on any atom is 0.251 e. The van der Waals surface area contributed by atoms with Crippen LogP contribution in [-0.4, -0.2) is 43.9 Å². The van der Waals surface area contributed by atoms with E-state index in [0.29, 0.717) is 0 Å². The lowest BCUT2D eigenvalue weighted by Crippen LogP contribution is -2.44. The van der Waals surface area contributed by atoms with Crippen LogP contribution < -0.4 is 5.11 Å². The van der Waals surface area contributed by atoms with Crippen LogP contribution in [0.3, 0.4) is 0 Å². The zero-order valence-corrected chi connectivity index (χ0v) is 10.8. The van der Waals surface area contributed by atoms with Gasteiger partial charge in [0, 0.05) is 6.61 Å². The third-order valence-corrected chi connectivity index (χ3v) is 3.34. The van der Waals surface area contributed by atoms with E-state index >= 15 is 0 Å². The first kappa shape index (κ1) is 15.2. The fourth-order valence-corrected chi connectivity index (χ4v) is 1.64. The summed E-state index contributed by atoms with van der Waals surface area (Å²) in [4.78, 5) is 9.96. The van der Waals surface area contributed by atoms with Gasteiger partial charge in [0.25, 0.3) is 6.16 Å². The van der Waals surface area contributed by atoms with Crippen LogP contribution in [0.4, 0.5) is 4.79 Å². The monoisotopic (exact) mass is 231 g/mol. The first-order valence-electron chi connectivity index (χ1n) is 6.21. The normalized spacial score (nSPS) is 11.4. The fourth-order valence-electron chi connectivity index (χ4n) is 1.64. The zero-order chi connectivity index (χ0) is 12.4. The average Bonchev–Trinajstić information content (AvgIpc) is 2.27. The number of carbonyl (C=O) groups is 1. The van der Waals surface area contributed by atoms with Gasteiger partial charge < -0.3 is 19.1 Å². The second-order valence-electron chi connectivity index (χ2n) is 4.49. The number of hydrogen-bond acceptors (Lipinski definition) is 3. The molecule has 0 aromatic carbocycles. The van der Waals surface area contributed by atoms with E-state index in [1.54, 1.807) is 0 Å². The Kier molecular flexibility index (Phi) is 7.99. The van der Waals surface area contributed by atoms with E-state index in [1.807, 2.05) is 0 Å². The lowest BCUT2D eigenvalue weighted by molar-refractivity contribution is -0.906. The van der Waals surface area contributed by atoms with Crippen molar-refractivity contribution in [1.82, 2.24) is 0 Å². The van der Waals surface area contributed by atoms with Crippen LogP contribution in [0, 0.1) is 0 Å². The van der Waals surface area contributed by atoms with Crippen molar-refractivity contribution in [2.45, 2.75) is 39.5 Å². The maximum absolute atomic E-state index is 9.96. The van der Waals surface area contributed by atoms with Crippen LogP contribution in [0.2, 0.25) is 0 Å². The number of unbranched alkanes of at least 4 members (excludes halogenated alkanes) is 3. The Morgan fingerprint density at radius 2 is 1.69 bits per heavy atom. The summed E-state index contributed by atoms with van der Waals surface area (Å²) in [6.07, 6.45) is 2.76. The second kappa shape index (κ2) is 8.39. The van der Waals surface area contributed by atoms with Crippen LogP contribution in [0.25, 0.3) is 0 Å². The molecule has 0 amide bonds. The highest BCUT2D eigenvalue weighted by Crippen LogP contribution is 2.07. The molecule has 0 atom stereocenters. The molecule has 0 N–H and O–H groups in total. The van der Waals surface area contributed by atoms with Crippen molar-refractivity contribution < 1.29 is 19.1 Å². The summed E-state index contributed by atoms with van der Waals surface area (Å²) in [7, 11) is 2.28. The summed E-state index contributed by atoms with van der Waals surface area (Å²) < 4.78 is 5.45. The summed E-state index contributed by atoms with van der Waals surface area (Å²) in [6, 6.07) is 0. The molecule has 4 nitrogen and oxygen atoms in total. The molecular formula is C12H25NO3. The van der Waals surface area contributed by atoms with Crippen LogP contribution >= 0.6 is 0 Å². The Balaban J connectivity index is 3.36. The molecule has 0 unspecified atom stereocenters. The van der Waals surface area contributed by atoms with Gasteiger partial charge in [-0.15, -0.1) is 0 Å². The van der Waals surface area contributed by atoms with Gasteiger partial charge in [0.05, 0.1) is 26.7 Å². The minimum Gasteiger partial charge on any atom is -0.550 e. The quantitative estimate of drug-likeness (QED) is 0.342. The largest absolute Gasteiger partial charge is 0.550 e. The van der Waals surface area contributed by atoms with E-state index in [0.717, 1.165) is 23.7 Å². The predicted molar refractivity (Wildman–Crippen MR) is 61.9 cm³/mol. The van der Waals surface area contributed by atoms with E-state index < -0.39 is 6.16 Å². The van der Waals surface area contributed by atoms with Gasteiger partial charge >= 0.3 is 0 Å². The molecule has 0 aliphatic rings. The van der Waals surface area contributed by atoms with E-state index in [9.17, 15) is 9.90 Å². The van der Waals surface area contributed by atoms with Gasteiger partial charge in [0.1, 0.15) is 0 Å². The first-order chi connectivity index (χ1) is 7.54. The van der Waals surface area contributed by atoms with Crippen LogP contribution in [-0.2, 0) is 4.74 Å². The second-order valence-corrected chi connectivity index (χ2v) is 4.49. The average molecular weight is 231 g/mol. The minimum absolute atomic E-state index is 0.274. The van der Waals surface area contributed by atoms with E-state index in [4.69, 9.17) is 0 Å². The smallest absolute Gasteiger partial charge is 0.251 e. The molecule has 0 rings (SSSR count). The topological polar surface area (TPSA) is 49.4 Å². The lowest BCUT2D eigenvalue weighted by atomic mass is 10.2. The van der Waals surface area contributed by atoms with Crippen molar-refractivity contribution in [1.29, 1.82) is 0 Å². The van der Waals surface area contributed by atoms with Gasteiger partial charge in [-0.2, -0.15) is 0 Å². The predicted octanol–water partition coefficient (Wildman–Crippen LogP) is 1.39. The number of quaternary nitrogens is 1. The summed E-state index contributed by atoms with van der Waals surface area (Å²) in [6.45, 7) is 8.26. The Labute approximate surface area is 98.8 Å². The van der Waals surface area contributed by atoms with Gasteiger partial charge in [-0.25, -0.2) is 0 Å². The van der Waals surface area contributed by atoms with Gasteiger partial charge in [-0.05, 0) is 33.1 Å². The van der Waals surface area contributed by atoms with Crippen molar-refractivity contribution in [2.75, 3.05) is 33.3 Å². The molecule has 96 valence electrons. The molecule has 0 heterocycles. The third-order valence-electron chi connectivity index (χ3n) is 3.34. The molecule has 0 saturated heterocycles. The van der Waals surface area contributed by atoms with Crippen LogP contribution in [0.5, 0.6) is 0 Å². The molecule has 0 bridgehead atoms. The Morgan fingerprint density at radius 1 is 1.12 bits per heavy atom. The van der Waals surface area contributed by atoms with Crippen molar-refractivity contribution in [2.24, 2.45) is 0 Å². The maximum atomic E-state index is 9.96. The summed E-state index contributed by atoms with van der Waals surface area (Å²) in [5, 5.41) is 9.96. The van der Waals surface area contributed by atoms with Gasteiger partial charge in [0.2, 0.25) is 0 Å². The standard InChI is InChI=1S/C12H25NO3/c1-4-13(3,5-2)10-8-6-7-9-11-16-12(14)15/h4-11H2,1-3H3. The highest BCUT2D eigenvalue weighted by molar-refractivity contribution is 5.53. The van der Waals surface area contributed by atoms with E-state index in [2.05, 4.69) is 25.6 Å². The zero-order valence-electron chi connectivity index (χ0n) is 10.8. The van der Waals surface area contributed by atoms with E-state index in [-0.39, 0.29) is 6.61 Å². The third kappa shape index (κ3) is 7.51. The molecule has 0 spiro atoms. The number of nitrogens with zero attached hydrogens (tertiary/aromatic N) is 1. The highest BCUT2D eigenvalue weighted by atomic mass is 16.7.